The van der Waals surface area contributed by atoms with Crippen LogP contribution < -0.4 is 0 Å². The van der Waals surface area contributed by atoms with Gasteiger partial charge in [-0.2, -0.15) is 0 Å². The molecular weight excluding hydrogens is 353 g/mol. The maximum absolute atomic E-state index is 13.2. The molecular formula is C17H13ClFNO3S. The lowest BCUT2D eigenvalue weighted by Gasteiger charge is -2.04. The van der Waals surface area contributed by atoms with Crippen molar-refractivity contribution in [3.63, 3.8) is 0 Å². The molecule has 0 unspecified atom stereocenters. The van der Waals surface area contributed by atoms with E-state index in [4.69, 9.17) is 16.0 Å². The Labute approximate surface area is 143 Å². The third-order valence-electron chi connectivity index (χ3n) is 3.32. The van der Waals surface area contributed by atoms with Crippen LogP contribution in [0.4, 0.5) is 4.39 Å². The summed E-state index contributed by atoms with van der Waals surface area (Å²) in [6.45, 7) is 0. The van der Waals surface area contributed by atoms with Gasteiger partial charge in [0.1, 0.15) is 12.1 Å². The van der Waals surface area contributed by atoms with Crippen molar-refractivity contribution in [1.82, 2.24) is 4.98 Å². The van der Waals surface area contributed by atoms with E-state index in [0.717, 1.165) is 0 Å². The Morgan fingerprint density at radius 3 is 2.62 bits per heavy atom. The first-order valence-electron chi connectivity index (χ1n) is 7.07. The fourth-order valence-electron chi connectivity index (χ4n) is 2.26. The van der Waals surface area contributed by atoms with E-state index >= 15 is 0 Å². The number of aromatic nitrogens is 1. The van der Waals surface area contributed by atoms with Gasteiger partial charge in [0.15, 0.2) is 9.84 Å². The molecule has 0 saturated heterocycles. The predicted molar refractivity (Wildman–Crippen MR) is 89.7 cm³/mol. The first-order chi connectivity index (χ1) is 11.4. The molecule has 0 aliphatic heterocycles. The molecule has 24 heavy (non-hydrogen) atoms. The molecule has 7 heteroatoms. The zero-order valence-electron chi connectivity index (χ0n) is 12.4. The molecule has 0 aliphatic rings. The number of hydrogen-bond donors (Lipinski definition) is 0. The van der Waals surface area contributed by atoms with Gasteiger partial charge in [-0.1, -0.05) is 35.9 Å². The average Bonchev–Trinajstić information content (AvgIpc) is 2.97. The molecule has 0 N–H and O–H groups in total. The molecule has 4 nitrogen and oxygen atoms in total. The third-order valence-corrected chi connectivity index (χ3v) is 5.18. The number of halogens is 2. The maximum Gasteiger partial charge on any atom is 0.226 e. The molecule has 0 aliphatic carbocycles. The first-order valence-corrected chi connectivity index (χ1v) is 9.27. The van der Waals surface area contributed by atoms with Crippen molar-refractivity contribution < 1.29 is 17.2 Å². The Balaban J connectivity index is 1.78. The third kappa shape index (κ3) is 4.01. The molecule has 0 atom stereocenters. The zero-order valence-corrected chi connectivity index (χ0v) is 14.0. The van der Waals surface area contributed by atoms with Crippen LogP contribution in [0.15, 0.2) is 59.2 Å². The summed E-state index contributed by atoms with van der Waals surface area (Å²) in [5.41, 5.74) is 1.25. The van der Waals surface area contributed by atoms with Crippen molar-refractivity contribution in [2.75, 3.05) is 0 Å². The molecule has 0 radical (unpaired) electrons. The summed E-state index contributed by atoms with van der Waals surface area (Å²) in [6, 6.07) is 12.5. The Bertz CT molecular complexity index is 969. The largest absolute Gasteiger partial charge is 0.444 e. The van der Waals surface area contributed by atoms with E-state index < -0.39 is 15.7 Å². The fraction of sp³-hybridized carbons (Fsp3) is 0.118. The summed E-state index contributed by atoms with van der Waals surface area (Å²) in [5, 5.41) is 0.404. The number of benzene rings is 2. The second-order valence-electron chi connectivity index (χ2n) is 5.28. The fourth-order valence-corrected chi connectivity index (χ4v) is 3.95. The van der Waals surface area contributed by atoms with Gasteiger partial charge in [-0.15, -0.1) is 0 Å². The van der Waals surface area contributed by atoms with Crippen LogP contribution >= 0.6 is 11.6 Å². The summed E-state index contributed by atoms with van der Waals surface area (Å²) in [5.74, 6) is -0.706. The Hall–Kier alpha value is -2.18. The summed E-state index contributed by atoms with van der Waals surface area (Å²) in [6.07, 6.45) is 1.27. The lowest BCUT2D eigenvalue weighted by Crippen LogP contribution is -2.08. The molecule has 1 heterocycles. The van der Waals surface area contributed by atoms with Crippen LogP contribution in [0.25, 0.3) is 11.5 Å². The standard InChI is InChI=1S/C17H13ClFNO3S/c18-16-7-2-1-4-13(16)10-24(21,22)11-15-9-23-17(20-15)12-5-3-6-14(19)8-12/h1-9H,10-11H2. The molecule has 0 fully saturated rings. The van der Waals surface area contributed by atoms with Gasteiger partial charge in [-0.3, -0.25) is 0 Å². The Kier molecular flexibility index (Phi) is 4.69. The van der Waals surface area contributed by atoms with Crippen molar-refractivity contribution in [2.24, 2.45) is 0 Å². The quantitative estimate of drug-likeness (QED) is 0.678. The van der Waals surface area contributed by atoms with Crippen molar-refractivity contribution in [3.05, 3.63) is 76.9 Å². The Morgan fingerprint density at radius 1 is 1.08 bits per heavy atom. The minimum Gasteiger partial charge on any atom is -0.444 e. The van der Waals surface area contributed by atoms with Gasteiger partial charge < -0.3 is 4.42 Å². The average molecular weight is 366 g/mol. The SMILES string of the molecule is O=S(=O)(Cc1coc(-c2cccc(F)c2)n1)Cc1ccccc1Cl. The number of rotatable bonds is 5. The van der Waals surface area contributed by atoms with Gasteiger partial charge in [0.25, 0.3) is 0 Å². The normalized spacial score (nSPS) is 11.6. The van der Waals surface area contributed by atoms with Crippen LogP contribution in [0.3, 0.4) is 0 Å². The molecule has 0 saturated carbocycles. The van der Waals surface area contributed by atoms with Crippen LogP contribution in [-0.4, -0.2) is 13.4 Å². The first kappa shape index (κ1) is 16.7. The van der Waals surface area contributed by atoms with Gasteiger partial charge in [0.05, 0.1) is 17.2 Å². The zero-order chi connectivity index (χ0) is 17.2. The molecule has 3 rings (SSSR count). The summed E-state index contributed by atoms with van der Waals surface area (Å²) < 4.78 is 43.1. The lowest BCUT2D eigenvalue weighted by atomic mass is 10.2. The van der Waals surface area contributed by atoms with Crippen molar-refractivity contribution in [1.29, 1.82) is 0 Å². The van der Waals surface area contributed by atoms with Crippen molar-refractivity contribution in [2.45, 2.75) is 11.5 Å². The van der Waals surface area contributed by atoms with E-state index in [1.165, 1.54) is 24.5 Å². The van der Waals surface area contributed by atoms with Gasteiger partial charge in [-0.05, 0) is 29.8 Å². The van der Waals surface area contributed by atoms with E-state index in [-0.39, 0.29) is 23.1 Å². The van der Waals surface area contributed by atoms with E-state index in [0.29, 0.717) is 16.1 Å². The minimum absolute atomic E-state index is 0.178. The van der Waals surface area contributed by atoms with Crippen LogP contribution in [0.5, 0.6) is 0 Å². The number of sulfone groups is 1. The molecule has 2 aromatic carbocycles. The van der Waals surface area contributed by atoms with E-state index in [2.05, 4.69) is 4.98 Å². The minimum atomic E-state index is -3.47. The molecule has 0 bridgehead atoms. The number of nitrogens with zero attached hydrogens (tertiary/aromatic N) is 1. The number of hydrogen-bond acceptors (Lipinski definition) is 4. The maximum atomic E-state index is 13.2. The molecule has 124 valence electrons. The van der Waals surface area contributed by atoms with E-state index in [1.807, 2.05) is 0 Å². The highest BCUT2D eigenvalue weighted by molar-refractivity contribution is 7.89. The van der Waals surface area contributed by atoms with Gasteiger partial charge in [0.2, 0.25) is 5.89 Å². The summed E-state index contributed by atoms with van der Waals surface area (Å²) in [7, 11) is -3.47. The summed E-state index contributed by atoms with van der Waals surface area (Å²) >= 11 is 6.00. The molecule has 0 spiro atoms. The van der Waals surface area contributed by atoms with Crippen molar-refractivity contribution in [3.8, 4) is 11.5 Å². The monoisotopic (exact) mass is 365 g/mol. The topological polar surface area (TPSA) is 60.2 Å². The van der Waals surface area contributed by atoms with E-state index in [9.17, 15) is 12.8 Å². The smallest absolute Gasteiger partial charge is 0.226 e. The van der Waals surface area contributed by atoms with Crippen LogP contribution in [0, 0.1) is 5.82 Å². The molecule has 0 amide bonds. The van der Waals surface area contributed by atoms with Crippen LogP contribution in [-0.2, 0) is 21.3 Å². The van der Waals surface area contributed by atoms with Gasteiger partial charge >= 0.3 is 0 Å². The summed E-state index contributed by atoms with van der Waals surface area (Å²) in [4.78, 5) is 4.13. The predicted octanol–water partition coefficient (Wildman–Crippen LogP) is 4.25. The Morgan fingerprint density at radius 2 is 1.88 bits per heavy atom. The highest BCUT2D eigenvalue weighted by atomic mass is 35.5. The second kappa shape index (κ2) is 6.75. The molecule has 1 aromatic heterocycles. The molecule has 3 aromatic rings. The highest BCUT2D eigenvalue weighted by Crippen LogP contribution is 2.22. The van der Waals surface area contributed by atoms with Gasteiger partial charge in [0, 0.05) is 10.6 Å². The second-order valence-corrected chi connectivity index (χ2v) is 7.75. The van der Waals surface area contributed by atoms with Crippen molar-refractivity contribution >= 4 is 21.4 Å². The van der Waals surface area contributed by atoms with E-state index in [1.54, 1.807) is 30.3 Å². The highest BCUT2D eigenvalue weighted by Gasteiger charge is 2.18. The van der Waals surface area contributed by atoms with Crippen LogP contribution in [0.2, 0.25) is 5.02 Å². The van der Waals surface area contributed by atoms with Gasteiger partial charge in [-0.25, -0.2) is 17.8 Å². The lowest BCUT2D eigenvalue weighted by molar-refractivity contribution is 0.570. The number of oxazole rings is 1. The van der Waals surface area contributed by atoms with Crippen LogP contribution in [0.1, 0.15) is 11.3 Å².